The van der Waals surface area contributed by atoms with Crippen LogP contribution in [-0.4, -0.2) is 11.3 Å². The quantitative estimate of drug-likeness (QED) is 0.886. The third kappa shape index (κ3) is 3.10. The molecule has 3 rings (SSSR count). The van der Waals surface area contributed by atoms with Crippen molar-refractivity contribution in [1.82, 2.24) is 0 Å². The van der Waals surface area contributed by atoms with Gasteiger partial charge < -0.3 is 10.6 Å². The Hall–Kier alpha value is -1.99. The maximum Gasteiger partial charge on any atom is 0.163 e. The summed E-state index contributed by atoms with van der Waals surface area (Å²) >= 11 is 0. The summed E-state index contributed by atoms with van der Waals surface area (Å²) in [6.07, 6.45) is 7.58. The van der Waals surface area contributed by atoms with Gasteiger partial charge in [0, 0.05) is 11.1 Å². The van der Waals surface area contributed by atoms with Gasteiger partial charge >= 0.3 is 0 Å². The van der Waals surface area contributed by atoms with Crippen LogP contribution in [0.2, 0.25) is 0 Å². The van der Waals surface area contributed by atoms with Crippen molar-refractivity contribution in [2.45, 2.75) is 11.7 Å². The molecule has 2 nitrogen and oxygen atoms in total. The first-order chi connectivity index (χ1) is 10.8. The molecule has 1 aliphatic carbocycles. The molecule has 2 N–H and O–H groups in total. The number of allylic oxidation sites excluding steroid dienone is 2. The highest BCUT2D eigenvalue weighted by molar-refractivity contribution is 7.53. The number of hydrogen-bond donors (Lipinski definition) is 1. The zero-order chi connectivity index (χ0) is 15.4. The van der Waals surface area contributed by atoms with Crippen LogP contribution in [0.25, 0.3) is 0 Å². The standard InChI is InChI=1S/C19H18NOP/c20-17-13-7-8-14-18(17)22(21)19(15-9-3-1-4-10-15)16-11-5-2-6-12-16/h1-14,17,19H,20H2. The molecule has 0 heterocycles. The molecule has 1 aliphatic rings. The van der Waals surface area contributed by atoms with Gasteiger partial charge in [0.2, 0.25) is 0 Å². The van der Waals surface area contributed by atoms with Gasteiger partial charge in [-0.15, -0.1) is 0 Å². The maximum atomic E-state index is 13.3. The van der Waals surface area contributed by atoms with Gasteiger partial charge in [0.15, 0.2) is 5.66 Å². The Morgan fingerprint density at radius 2 is 1.41 bits per heavy atom. The van der Waals surface area contributed by atoms with Crippen LogP contribution in [0.5, 0.6) is 0 Å². The lowest BCUT2D eigenvalue weighted by Crippen LogP contribution is -2.29. The van der Waals surface area contributed by atoms with E-state index in [1.54, 1.807) is 0 Å². The fourth-order valence-electron chi connectivity index (χ4n) is 2.65. The zero-order valence-corrected chi connectivity index (χ0v) is 13.1. The van der Waals surface area contributed by atoms with E-state index >= 15 is 0 Å². The summed E-state index contributed by atoms with van der Waals surface area (Å²) in [6, 6.07) is 19.7. The monoisotopic (exact) mass is 307 g/mol. The first kappa shape index (κ1) is 14.9. The second kappa shape index (κ2) is 6.85. The van der Waals surface area contributed by atoms with E-state index in [2.05, 4.69) is 0 Å². The van der Waals surface area contributed by atoms with Gasteiger partial charge in [0.25, 0.3) is 0 Å². The van der Waals surface area contributed by atoms with Crippen molar-refractivity contribution in [3.05, 3.63) is 96.1 Å². The molecule has 0 saturated carbocycles. The van der Waals surface area contributed by atoms with Crippen molar-refractivity contribution in [2.24, 2.45) is 5.73 Å². The van der Waals surface area contributed by atoms with Gasteiger partial charge in [-0.3, -0.25) is 0 Å². The highest BCUT2D eigenvalue weighted by Gasteiger charge is 2.27. The van der Waals surface area contributed by atoms with Crippen LogP contribution in [0.15, 0.2) is 85.0 Å². The molecule has 0 bridgehead atoms. The fourth-order valence-corrected chi connectivity index (χ4v) is 4.45. The molecule has 0 fully saturated rings. The molecule has 0 aromatic heterocycles. The van der Waals surface area contributed by atoms with Gasteiger partial charge in [0.05, 0.1) is 13.8 Å². The summed E-state index contributed by atoms with van der Waals surface area (Å²) in [5.41, 5.74) is 8.05. The van der Waals surface area contributed by atoms with Crippen LogP contribution in [0.4, 0.5) is 0 Å². The van der Waals surface area contributed by atoms with Gasteiger partial charge in [-0.05, 0) is 6.08 Å². The van der Waals surface area contributed by atoms with E-state index in [1.807, 2.05) is 85.0 Å². The summed E-state index contributed by atoms with van der Waals surface area (Å²) in [4.78, 5) is 13.3. The van der Waals surface area contributed by atoms with Crippen molar-refractivity contribution in [3.8, 4) is 0 Å². The molecular weight excluding hydrogens is 289 g/mol. The third-order valence-electron chi connectivity index (χ3n) is 3.76. The Kier molecular flexibility index (Phi) is 4.65. The Labute approximate surface area is 132 Å². The van der Waals surface area contributed by atoms with Gasteiger partial charge in [0.1, 0.15) is 5.29 Å². The molecule has 110 valence electrons. The van der Waals surface area contributed by atoms with Crippen molar-refractivity contribution in [3.63, 3.8) is 0 Å². The predicted octanol–water partition coefficient (Wildman–Crippen LogP) is 3.16. The van der Waals surface area contributed by atoms with Crippen molar-refractivity contribution in [1.29, 1.82) is 0 Å². The number of benzene rings is 2. The summed E-state index contributed by atoms with van der Waals surface area (Å²) in [5.74, 6) is 0. The van der Waals surface area contributed by atoms with Crippen LogP contribution in [-0.2, 0) is 0 Å². The molecular formula is C19H18NOP. The molecule has 22 heavy (non-hydrogen) atoms. The molecule has 2 atom stereocenters. The van der Waals surface area contributed by atoms with E-state index in [9.17, 15) is 4.89 Å². The molecule has 2 unspecified atom stereocenters. The summed E-state index contributed by atoms with van der Waals surface area (Å²) < 4.78 is 0. The summed E-state index contributed by atoms with van der Waals surface area (Å²) in [6.45, 7) is 0. The third-order valence-corrected chi connectivity index (χ3v) is 5.78. The molecule has 0 radical (unpaired) electrons. The molecule has 3 heteroatoms. The lowest BCUT2D eigenvalue weighted by atomic mass is 10.0. The van der Waals surface area contributed by atoms with Crippen LogP contribution < -0.4 is 10.6 Å². The Bertz CT molecular complexity index is 680. The molecule has 0 saturated heterocycles. The summed E-state index contributed by atoms with van der Waals surface area (Å²) in [7, 11) is -1.65. The van der Waals surface area contributed by atoms with E-state index in [1.165, 1.54) is 0 Å². The van der Waals surface area contributed by atoms with Crippen molar-refractivity contribution in [2.75, 3.05) is 0 Å². The minimum atomic E-state index is -1.65. The van der Waals surface area contributed by atoms with Crippen LogP contribution in [0.3, 0.4) is 0 Å². The lowest BCUT2D eigenvalue weighted by molar-refractivity contribution is -0.154. The van der Waals surface area contributed by atoms with E-state index in [-0.39, 0.29) is 11.7 Å². The normalized spacial score (nSPS) is 19.5. The predicted molar refractivity (Wildman–Crippen MR) is 92.9 cm³/mol. The molecule has 0 amide bonds. The maximum absolute atomic E-state index is 13.3. The lowest BCUT2D eigenvalue weighted by Gasteiger charge is -2.19. The minimum absolute atomic E-state index is 0.172. The summed E-state index contributed by atoms with van der Waals surface area (Å²) in [5, 5.41) is 0.801. The van der Waals surface area contributed by atoms with Gasteiger partial charge in [-0.1, -0.05) is 78.9 Å². The van der Waals surface area contributed by atoms with Crippen LogP contribution in [0, 0.1) is 0 Å². The Morgan fingerprint density at radius 3 is 1.91 bits per heavy atom. The second-order valence-corrected chi connectivity index (χ2v) is 6.93. The highest BCUT2D eigenvalue weighted by Crippen LogP contribution is 2.43. The molecule has 2 aromatic rings. The van der Waals surface area contributed by atoms with Gasteiger partial charge in [-0.2, -0.15) is 0 Å². The molecule has 0 spiro atoms. The topological polar surface area (TPSA) is 49.1 Å². The van der Waals surface area contributed by atoms with Crippen LogP contribution in [0.1, 0.15) is 16.8 Å². The van der Waals surface area contributed by atoms with Crippen LogP contribution >= 0.6 is 7.77 Å². The number of nitrogens with two attached hydrogens (primary N) is 1. The van der Waals surface area contributed by atoms with Crippen molar-refractivity contribution < 1.29 is 4.89 Å². The molecule has 0 aliphatic heterocycles. The highest BCUT2D eigenvalue weighted by atomic mass is 31.1. The Morgan fingerprint density at radius 1 is 0.864 bits per heavy atom. The average Bonchev–Trinajstić information content (AvgIpc) is 2.57. The smallest absolute Gasteiger partial charge is 0.163 e. The first-order valence-corrected chi connectivity index (χ1v) is 8.64. The van der Waals surface area contributed by atoms with E-state index < -0.39 is 7.77 Å². The van der Waals surface area contributed by atoms with E-state index in [0.717, 1.165) is 16.4 Å². The van der Waals surface area contributed by atoms with Crippen molar-refractivity contribution >= 4 is 13.1 Å². The second-order valence-electron chi connectivity index (χ2n) is 5.24. The van der Waals surface area contributed by atoms with E-state index in [0.29, 0.717) is 0 Å². The minimum Gasteiger partial charge on any atom is -0.629 e. The fraction of sp³-hybridized carbons (Fsp3) is 0.105. The first-order valence-electron chi connectivity index (χ1n) is 7.31. The Balaban J connectivity index is 2.12. The number of rotatable bonds is 3. The average molecular weight is 307 g/mol. The molecule has 2 aromatic carbocycles. The zero-order valence-electron chi connectivity index (χ0n) is 12.2. The van der Waals surface area contributed by atoms with E-state index in [4.69, 9.17) is 5.73 Å². The SMILES string of the molecule is NC1C=CC=CC1=[P+]([O-])C(c1ccccc1)c1ccccc1. The largest absolute Gasteiger partial charge is 0.629 e. The number of hydrogen-bond acceptors (Lipinski definition) is 2. The van der Waals surface area contributed by atoms with Gasteiger partial charge in [-0.25, -0.2) is 0 Å².